The van der Waals surface area contributed by atoms with Crippen molar-refractivity contribution >= 4 is 5.91 Å². The molecule has 1 amide bonds. The molecule has 3 fully saturated rings. The van der Waals surface area contributed by atoms with E-state index in [1.807, 2.05) is 6.92 Å². The molecule has 4 atom stereocenters. The van der Waals surface area contributed by atoms with Crippen LogP contribution in [0.2, 0.25) is 0 Å². The van der Waals surface area contributed by atoms with Gasteiger partial charge in [0, 0.05) is 12.5 Å². The summed E-state index contributed by atoms with van der Waals surface area (Å²) in [6.45, 7) is 6.42. The third kappa shape index (κ3) is 1.34. The molecule has 0 aromatic carbocycles. The van der Waals surface area contributed by atoms with E-state index in [4.69, 9.17) is 0 Å². The second-order valence-corrected chi connectivity index (χ2v) is 5.69. The highest BCUT2D eigenvalue weighted by Crippen LogP contribution is 2.69. The van der Waals surface area contributed by atoms with Crippen LogP contribution in [0.3, 0.4) is 0 Å². The van der Waals surface area contributed by atoms with Crippen LogP contribution in [0.25, 0.3) is 0 Å². The topological polar surface area (TPSA) is 29.1 Å². The summed E-state index contributed by atoms with van der Waals surface area (Å²) in [4.78, 5) is 11.9. The van der Waals surface area contributed by atoms with E-state index in [0.717, 1.165) is 29.2 Å². The lowest BCUT2D eigenvalue weighted by Crippen LogP contribution is -2.28. The maximum Gasteiger partial charge on any atom is 0.223 e. The molecule has 0 aromatic heterocycles. The Hall–Kier alpha value is -0.790. The third-order valence-electron chi connectivity index (χ3n) is 4.60. The van der Waals surface area contributed by atoms with E-state index in [9.17, 15) is 4.79 Å². The average Bonchev–Trinajstić information content (AvgIpc) is 2.64. The van der Waals surface area contributed by atoms with E-state index < -0.39 is 0 Å². The fourth-order valence-electron chi connectivity index (χ4n) is 4.03. The molecular weight excluding hydrogens is 186 g/mol. The van der Waals surface area contributed by atoms with Crippen LogP contribution < -0.4 is 5.32 Å². The smallest absolute Gasteiger partial charge is 0.223 e. The Morgan fingerprint density at radius 2 is 1.93 bits per heavy atom. The van der Waals surface area contributed by atoms with Gasteiger partial charge in [0.15, 0.2) is 0 Å². The first-order valence-electron chi connectivity index (χ1n) is 6.10. The van der Waals surface area contributed by atoms with Gasteiger partial charge in [0.2, 0.25) is 5.91 Å². The van der Waals surface area contributed by atoms with Crippen LogP contribution in [0.1, 0.15) is 26.2 Å². The lowest BCUT2D eigenvalue weighted by molar-refractivity contribution is -0.123. The molecule has 15 heavy (non-hydrogen) atoms. The lowest BCUT2D eigenvalue weighted by atomic mass is 10.0. The van der Waals surface area contributed by atoms with Gasteiger partial charge in [0.1, 0.15) is 0 Å². The standard InChI is InChI=1S/C13H19NO/c1-7(2)6-14-13(15)12-10-8-3-4-9(5-8)11(10)12/h8-12H,1,3-6H2,2H3,(H,14,15). The summed E-state index contributed by atoms with van der Waals surface area (Å²) in [5.74, 6) is 3.96. The van der Waals surface area contributed by atoms with Crippen molar-refractivity contribution in [2.75, 3.05) is 6.54 Å². The predicted molar refractivity (Wildman–Crippen MR) is 59.1 cm³/mol. The van der Waals surface area contributed by atoms with Gasteiger partial charge in [0.25, 0.3) is 0 Å². The number of nitrogens with one attached hydrogen (secondary N) is 1. The molecule has 2 heteroatoms. The van der Waals surface area contributed by atoms with Gasteiger partial charge < -0.3 is 5.32 Å². The first kappa shape index (κ1) is 9.44. The first-order valence-corrected chi connectivity index (χ1v) is 6.10. The molecule has 1 N–H and O–H groups in total. The molecule has 3 aliphatic rings. The molecule has 2 nitrogen and oxygen atoms in total. The van der Waals surface area contributed by atoms with Crippen LogP contribution in [0.5, 0.6) is 0 Å². The summed E-state index contributed by atoms with van der Waals surface area (Å²) in [7, 11) is 0. The zero-order chi connectivity index (χ0) is 10.6. The number of fused-ring (bicyclic) bond motifs is 5. The molecule has 0 heterocycles. The Morgan fingerprint density at radius 1 is 1.33 bits per heavy atom. The zero-order valence-electron chi connectivity index (χ0n) is 9.33. The van der Waals surface area contributed by atoms with E-state index in [0.29, 0.717) is 18.4 Å². The van der Waals surface area contributed by atoms with Crippen molar-refractivity contribution in [2.24, 2.45) is 29.6 Å². The lowest BCUT2D eigenvalue weighted by Gasteiger charge is -2.09. The first-order chi connectivity index (χ1) is 7.18. The number of carbonyl (C=O) groups is 1. The monoisotopic (exact) mass is 205 g/mol. The number of hydrogen-bond donors (Lipinski definition) is 1. The van der Waals surface area contributed by atoms with Crippen LogP contribution in [0, 0.1) is 29.6 Å². The average molecular weight is 205 g/mol. The minimum atomic E-state index is 0.296. The van der Waals surface area contributed by atoms with Crippen molar-refractivity contribution in [1.82, 2.24) is 5.32 Å². The Morgan fingerprint density at radius 3 is 2.47 bits per heavy atom. The molecule has 0 aromatic rings. The predicted octanol–water partition coefficient (Wildman–Crippen LogP) is 1.97. The maximum absolute atomic E-state index is 11.9. The van der Waals surface area contributed by atoms with Gasteiger partial charge in [-0.15, -0.1) is 0 Å². The Kier molecular flexibility index (Phi) is 1.95. The molecule has 2 bridgehead atoms. The van der Waals surface area contributed by atoms with E-state index in [1.165, 1.54) is 19.3 Å². The Bertz CT molecular complexity index is 306. The van der Waals surface area contributed by atoms with Crippen LogP contribution in [-0.2, 0) is 4.79 Å². The third-order valence-corrected chi connectivity index (χ3v) is 4.60. The summed E-state index contributed by atoms with van der Waals surface area (Å²) in [5.41, 5.74) is 1.04. The highest BCUT2D eigenvalue weighted by atomic mass is 16.2. The van der Waals surface area contributed by atoms with Crippen molar-refractivity contribution < 1.29 is 4.79 Å². The molecule has 0 saturated heterocycles. The summed E-state index contributed by atoms with van der Waals surface area (Å²) >= 11 is 0. The molecule has 0 radical (unpaired) electrons. The van der Waals surface area contributed by atoms with E-state index >= 15 is 0 Å². The minimum Gasteiger partial charge on any atom is -0.352 e. The number of amides is 1. The second-order valence-electron chi connectivity index (χ2n) is 5.69. The summed E-state index contributed by atoms with van der Waals surface area (Å²) in [6, 6.07) is 0. The number of hydrogen-bond acceptors (Lipinski definition) is 1. The highest BCUT2D eigenvalue weighted by Gasteiger charge is 2.67. The van der Waals surface area contributed by atoms with Crippen LogP contribution in [0.4, 0.5) is 0 Å². The molecule has 0 aliphatic heterocycles. The fourth-order valence-corrected chi connectivity index (χ4v) is 4.03. The number of carbonyl (C=O) groups excluding carboxylic acids is 1. The van der Waals surface area contributed by atoms with E-state index in [2.05, 4.69) is 11.9 Å². The molecule has 3 aliphatic carbocycles. The Balaban J connectivity index is 1.58. The molecular formula is C13H19NO. The Labute approximate surface area is 91.1 Å². The van der Waals surface area contributed by atoms with Crippen molar-refractivity contribution in [3.05, 3.63) is 12.2 Å². The molecule has 3 rings (SSSR count). The van der Waals surface area contributed by atoms with E-state index in [-0.39, 0.29) is 0 Å². The van der Waals surface area contributed by atoms with Gasteiger partial charge in [-0.1, -0.05) is 12.2 Å². The quantitative estimate of drug-likeness (QED) is 0.701. The summed E-state index contributed by atoms with van der Waals surface area (Å²) in [5, 5.41) is 3.00. The van der Waals surface area contributed by atoms with Crippen molar-refractivity contribution in [2.45, 2.75) is 26.2 Å². The highest BCUT2D eigenvalue weighted by molar-refractivity contribution is 5.83. The summed E-state index contributed by atoms with van der Waals surface area (Å²) in [6.07, 6.45) is 4.19. The maximum atomic E-state index is 11.9. The van der Waals surface area contributed by atoms with Gasteiger partial charge in [-0.2, -0.15) is 0 Å². The van der Waals surface area contributed by atoms with Gasteiger partial charge in [-0.25, -0.2) is 0 Å². The van der Waals surface area contributed by atoms with Gasteiger partial charge >= 0.3 is 0 Å². The van der Waals surface area contributed by atoms with E-state index in [1.54, 1.807) is 0 Å². The molecule has 4 unspecified atom stereocenters. The normalized spacial score (nSPS) is 45.0. The SMILES string of the molecule is C=C(C)CNC(=O)C1C2C3CCC(C3)C12. The molecule has 0 spiro atoms. The molecule has 82 valence electrons. The second kappa shape index (κ2) is 3.10. The largest absolute Gasteiger partial charge is 0.352 e. The number of rotatable bonds is 3. The van der Waals surface area contributed by atoms with Crippen LogP contribution in [0.15, 0.2) is 12.2 Å². The van der Waals surface area contributed by atoms with Gasteiger partial charge in [0.05, 0.1) is 0 Å². The van der Waals surface area contributed by atoms with Crippen LogP contribution >= 0.6 is 0 Å². The zero-order valence-corrected chi connectivity index (χ0v) is 9.33. The molecule has 3 saturated carbocycles. The fraction of sp³-hybridized carbons (Fsp3) is 0.769. The van der Waals surface area contributed by atoms with Gasteiger partial charge in [-0.05, 0) is 49.9 Å². The van der Waals surface area contributed by atoms with Crippen molar-refractivity contribution in [1.29, 1.82) is 0 Å². The minimum absolute atomic E-state index is 0.296. The van der Waals surface area contributed by atoms with Gasteiger partial charge in [-0.3, -0.25) is 4.79 Å². The summed E-state index contributed by atoms with van der Waals surface area (Å²) < 4.78 is 0. The van der Waals surface area contributed by atoms with Crippen molar-refractivity contribution in [3.63, 3.8) is 0 Å². The van der Waals surface area contributed by atoms with Crippen LogP contribution in [-0.4, -0.2) is 12.5 Å². The van der Waals surface area contributed by atoms with Crippen molar-refractivity contribution in [3.8, 4) is 0 Å².